The van der Waals surface area contributed by atoms with Gasteiger partial charge >= 0.3 is 0 Å². The van der Waals surface area contributed by atoms with Crippen molar-refractivity contribution in [3.05, 3.63) is 0 Å². The molecule has 20 heavy (non-hydrogen) atoms. The second-order valence-electron chi connectivity index (χ2n) is 4.53. The summed E-state index contributed by atoms with van der Waals surface area (Å²) >= 11 is -1.61. The Bertz CT molecular complexity index is 225. The molecule has 124 valence electrons. The van der Waals surface area contributed by atoms with Crippen LogP contribution in [0.5, 0.6) is 0 Å². The first kappa shape index (κ1) is 24.7. The molecular weight excluding hydrogens is 274 g/mol. The number of rotatable bonds is 8. The molecule has 0 saturated carbocycles. The highest BCUT2D eigenvalue weighted by Gasteiger charge is 2.06. The SMILES string of the molecule is CC.CCN(CC)CCCCC(=O)C(C)C.CS(=O)O. The third-order valence-corrected chi connectivity index (χ3v) is 2.69. The van der Waals surface area contributed by atoms with Crippen molar-refractivity contribution in [3.8, 4) is 0 Å². The van der Waals surface area contributed by atoms with Gasteiger partial charge in [0.25, 0.3) is 0 Å². The van der Waals surface area contributed by atoms with Gasteiger partial charge in [-0.15, -0.1) is 0 Å². The molecule has 0 aromatic carbocycles. The predicted molar refractivity (Wildman–Crippen MR) is 89.5 cm³/mol. The van der Waals surface area contributed by atoms with E-state index in [1.165, 1.54) is 6.26 Å². The average molecular weight is 310 g/mol. The van der Waals surface area contributed by atoms with Crippen LogP contribution in [0.4, 0.5) is 0 Å². The van der Waals surface area contributed by atoms with Crippen LogP contribution in [0.25, 0.3) is 0 Å². The Hall–Kier alpha value is -0.260. The summed E-state index contributed by atoms with van der Waals surface area (Å²) in [6, 6.07) is 0. The summed E-state index contributed by atoms with van der Waals surface area (Å²) in [6.07, 6.45) is 4.16. The van der Waals surface area contributed by atoms with E-state index in [4.69, 9.17) is 8.76 Å². The first-order valence-corrected chi connectivity index (χ1v) is 9.14. The van der Waals surface area contributed by atoms with Crippen molar-refractivity contribution in [2.24, 2.45) is 5.92 Å². The van der Waals surface area contributed by atoms with E-state index in [-0.39, 0.29) is 5.92 Å². The fourth-order valence-corrected chi connectivity index (χ4v) is 1.46. The van der Waals surface area contributed by atoms with Crippen LogP contribution in [-0.4, -0.2) is 45.3 Å². The molecule has 0 rings (SSSR count). The number of unbranched alkanes of at least 4 members (excludes halogenated alkanes) is 1. The number of carbonyl (C=O) groups is 1. The van der Waals surface area contributed by atoms with Crippen LogP contribution in [0, 0.1) is 5.92 Å². The van der Waals surface area contributed by atoms with Crippen LogP contribution in [-0.2, 0) is 15.9 Å². The zero-order valence-corrected chi connectivity index (χ0v) is 15.3. The van der Waals surface area contributed by atoms with Crippen molar-refractivity contribution < 1.29 is 13.6 Å². The van der Waals surface area contributed by atoms with Gasteiger partial charge in [-0.1, -0.05) is 41.5 Å². The minimum atomic E-state index is -1.61. The molecule has 0 amide bonds. The summed E-state index contributed by atoms with van der Waals surface area (Å²) in [4.78, 5) is 13.7. The normalized spacial score (nSPS) is 11.3. The monoisotopic (exact) mass is 309 g/mol. The van der Waals surface area contributed by atoms with Crippen LogP contribution < -0.4 is 0 Å². The van der Waals surface area contributed by atoms with Crippen LogP contribution in [0.15, 0.2) is 0 Å². The van der Waals surface area contributed by atoms with E-state index in [0.29, 0.717) is 5.78 Å². The number of nitrogens with zero attached hydrogens (tertiary/aromatic N) is 1. The van der Waals surface area contributed by atoms with Crippen molar-refractivity contribution in [2.75, 3.05) is 25.9 Å². The van der Waals surface area contributed by atoms with Crippen LogP contribution >= 0.6 is 0 Å². The number of carbonyl (C=O) groups excluding carboxylic acids is 1. The van der Waals surface area contributed by atoms with Gasteiger partial charge < -0.3 is 9.45 Å². The Labute approximate surface area is 128 Å². The molecule has 5 heteroatoms. The van der Waals surface area contributed by atoms with E-state index < -0.39 is 11.1 Å². The third kappa shape index (κ3) is 22.9. The van der Waals surface area contributed by atoms with E-state index in [1.54, 1.807) is 0 Å². The standard InChI is InChI=1S/C12H25NO.C2H6.CH4O2S/c1-5-13(6-2)10-8-7-9-12(14)11(3)4;1-2;1-4(2)3/h11H,5-10H2,1-4H3;1-2H3;1H3,(H,2,3). The van der Waals surface area contributed by atoms with E-state index >= 15 is 0 Å². The van der Waals surface area contributed by atoms with Crippen molar-refractivity contribution >= 4 is 16.9 Å². The summed E-state index contributed by atoms with van der Waals surface area (Å²) in [5.74, 6) is 0.619. The molecule has 0 radical (unpaired) electrons. The molecule has 0 saturated heterocycles. The van der Waals surface area contributed by atoms with Gasteiger partial charge in [-0.05, 0) is 32.5 Å². The summed E-state index contributed by atoms with van der Waals surface area (Å²) in [7, 11) is 0. The second kappa shape index (κ2) is 18.7. The Morgan fingerprint density at radius 1 is 1.15 bits per heavy atom. The predicted octanol–water partition coefficient (Wildman–Crippen LogP) is 3.59. The zero-order chi connectivity index (χ0) is 16.6. The Balaban J connectivity index is -0.000000410. The first-order chi connectivity index (χ1) is 9.34. The lowest BCUT2D eigenvalue weighted by atomic mass is 10.0. The molecule has 0 aliphatic rings. The van der Waals surface area contributed by atoms with Crippen molar-refractivity contribution in [1.82, 2.24) is 4.90 Å². The fraction of sp³-hybridized carbons (Fsp3) is 0.933. The zero-order valence-electron chi connectivity index (χ0n) is 14.4. The molecule has 0 spiro atoms. The third-order valence-electron chi connectivity index (χ3n) is 2.69. The molecule has 0 aromatic rings. The number of hydrogen-bond donors (Lipinski definition) is 1. The van der Waals surface area contributed by atoms with Gasteiger partial charge in [0.05, 0.1) is 0 Å². The second-order valence-corrected chi connectivity index (χ2v) is 5.38. The maximum Gasteiger partial charge on any atom is 0.149 e. The van der Waals surface area contributed by atoms with E-state index in [9.17, 15) is 4.79 Å². The maximum atomic E-state index is 11.3. The molecule has 0 bridgehead atoms. The number of ketones is 1. The van der Waals surface area contributed by atoms with Crippen molar-refractivity contribution in [1.29, 1.82) is 0 Å². The Kier molecular flexibility index (Phi) is 23.2. The van der Waals surface area contributed by atoms with E-state index in [0.717, 1.165) is 38.9 Å². The lowest BCUT2D eigenvalue weighted by Crippen LogP contribution is -2.24. The van der Waals surface area contributed by atoms with Gasteiger partial charge in [-0.3, -0.25) is 4.79 Å². The largest absolute Gasteiger partial charge is 0.306 e. The average Bonchev–Trinajstić information content (AvgIpc) is 2.40. The lowest BCUT2D eigenvalue weighted by molar-refractivity contribution is -0.122. The molecule has 0 heterocycles. The topological polar surface area (TPSA) is 57.6 Å². The quantitative estimate of drug-likeness (QED) is 0.550. The fourth-order valence-electron chi connectivity index (χ4n) is 1.46. The van der Waals surface area contributed by atoms with E-state index in [1.807, 2.05) is 27.7 Å². The Morgan fingerprint density at radius 3 is 1.85 bits per heavy atom. The van der Waals surface area contributed by atoms with Gasteiger partial charge in [0.1, 0.15) is 16.9 Å². The van der Waals surface area contributed by atoms with Crippen LogP contribution in [0.1, 0.15) is 60.8 Å². The molecule has 1 N–H and O–H groups in total. The molecule has 4 nitrogen and oxygen atoms in total. The molecule has 1 unspecified atom stereocenters. The number of Topliss-reactive ketones (excluding diaryl/α,β-unsaturated/α-hetero) is 1. The highest BCUT2D eigenvalue weighted by molar-refractivity contribution is 7.78. The van der Waals surface area contributed by atoms with E-state index in [2.05, 4.69) is 18.7 Å². The summed E-state index contributed by atoms with van der Waals surface area (Å²) in [5.41, 5.74) is 0. The lowest BCUT2D eigenvalue weighted by Gasteiger charge is -2.17. The summed E-state index contributed by atoms with van der Waals surface area (Å²) in [5, 5.41) is 0. The van der Waals surface area contributed by atoms with Gasteiger partial charge in [0, 0.05) is 18.6 Å². The smallest absolute Gasteiger partial charge is 0.149 e. The molecular formula is C15H35NO3S. The highest BCUT2D eigenvalue weighted by Crippen LogP contribution is 2.05. The maximum absolute atomic E-state index is 11.3. The number of hydrogen-bond acceptors (Lipinski definition) is 3. The molecule has 0 aliphatic carbocycles. The van der Waals surface area contributed by atoms with Crippen LogP contribution in [0.3, 0.4) is 0 Å². The Morgan fingerprint density at radius 2 is 1.55 bits per heavy atom. The van der Waals surface area contributed by atoms with Gasteiger partial charge in [-0.25, -0.2) is 4.21 Å². The molecule has 0 aromatic heterocycles. The van der Waals surface area contributed by atoms with Crippen LogP contribution in [0.2, 0.25) is 0 Å². The molecule has 0 fully saturated rings. The molecule has 1 atom stereocenters. The van der Waals surface area contributed by atoms with Gasteiger partial charge in [0.2, 0.25) is 0 Å². The summed E-state index contributed by atoms with van der Waals surface area (Å²) < 4.78 is 16.6. The first-order valence-electron chi connectivity index (χ1n) is 7.62. The molecule has 0 aliphatic heterocycles. The van der Waals surface area contributed by atoms with Gasteiger partial charge in [-0.2, -0.15) is 0 Å². The van der Waals surface area contributed by atoms with Crippen molar-refractivity contribution in [2.45, 2.75) is 60.8 Å². The summed E-state index contributed by atoms with van der Waals surface area (Å²) in [6.45, 7) is 15.7. The van der Waals surface area contributed by atoms with Gasteiger partial charge in [0.15, 0.2) is 0 Å². The highest BCUT2D eigenvalue weighted by atomic mass is 32.2. The minimum absolute atomic E-state index is 0.212. The minimum Gasteiger partial charge on any atom is -0.306 e. The van der Waals surface area contributed by atoms with Crippen molar-refractivity contribution in [3.63, 3.8) is 0 Å².